The summed E-state index contributed by atoms with van der Waals surface area (Å²) in [4.78, 5) is 16.6. The molecule has 4 nitrogen and oxygen atoms in total. The first-order valence-corrected chi connectivity index (χ1v) is 5.99. The second-order valence-corrected chi connectivity index (χ2v) is 4.42. The van der Waals surface area contributed by atoms with Gasteiger partial charge in [-0.2, -0.15) is 0 Å². The minimum Gasteiger partial charge on any atom is -0.496 e. The molecule has 1 aliphatic rings. The van der Waals surface area contributed by atoms with Crippen LogP contribution >= 0.6 is 0 Å². The van der Waals surface area contributed by atoms with E-state index in [-0.39, 0.29) is 11.8 Å². The van der Waals surface area contributed by atoms with Crippen LogP contribution in [0, 0.1) is 0 Å². The fraction of sp³-hybridized carbons (Fsp3) is 0.286. The zero-order chi connectivity index (χ0) is 12.5. The molecule has 1 atom stereocenters. The number of ether oxygens (including phenoxy) is 1. The quantitative estimate of drug-likeness (QED) is 0.811. The summed E-state index contributed by atoms with van der Waals surface area (Å²) < 4.78 is 7.18. The number of imidazole rings is 1. The molecule has 0 aliphatic heterocycles. The number of Topliss-reactive ketones (excluding diaryl/α,β-unsaturated/α-hetero) is 1. The molecule has 0 bridgehead atoms. The molecule has 0 spiro atoms. The first-order chi connectivity index (χ1) is 8.81. The minimum atomic E-state index is -0.156. The largest absolute Gasteiger partial charge is 0.496 e. The molecule has 92 valence electrons. The van der Waals surface area contributed by atoms with E-state index in [9.17, 15) is 4.79 Å². The average Bonchev–Trinajstić information content (AvgIpc) is 2.92. The van der Waals surface area contributed by atoms with Crippen LogP contribution in [0.3, 0.4) is 0 Å². The lowest BCUT2D eigenvalue weighted by molar-refractivity contribution is 0.0904. The van der Waals surface area contributed by atoms with Gasteiger partial charge in [-0.25, -0.2) is 4.98 Å². The first kappa shape index (κ1) is 11.0. The van der Waals surface area contributed by atoms with Gasteiger partial charge < -0.3 is 9.30 Å². The van der Waals surface area contributed by atoms with Gasteiger partial charge in [-0.15, -0.1) is 0 Å². The summed E-state index contributed by atoms with van der Waals surface area (Å²) in [5.41, 5.74) is 1.81. The summed E-state index contributed by atoms with van der Waals surface area (Å²) in [6.07, 6.45) is 6.94. The SMILES string of the molecule is COc1cccc2c1C(=O)C(n1ccnc1)CC2. The van der Waals surface area contributed by atoms with Gasteiger partial charge in [0.1, 0.15) is 5.75 Å². The standard InChI is InChI=1S/C14H14N2O2/c1-18-12-4-2-3-10-5-6-11(14(17)13(10)12)16-8-7-15-9-16/h2-4,7-9,11H,5-6H2,1H3. The van der Waals surface area contributed by atoms with Gasteiger partial charge in [-0.1, -0.05) is 12.1 Å². The number of hydrogen-bond donors (Lipinski definition) is 0. The van der Waals surface area contributed by atoms with E-state index in [0.29, 0.717) is 5.75 Å². The highest BCUT2D eigenvalue weighted by Crippen LogP contribution is 2.34. The Kier molecular flexibility index (Phi) is 2.63. The van der Waals surface area contributed by atoms with Gasteiger partial charge in [0.25, 0.3) is 0 Å². The molecule has 0 fully saturated rings. The van der Waals surface area contributed by atoms with Gasteiger partial charge in [0.2, 0.25) is 0 Å². The van der Waals surface area contributed by atoms with Crippen LogP contribution in [0.1, 0.15) is 28.4 Å². The number of carbonyl (C=O) groups is 1. The summed E-state index contributed by atoms with van der Waals surface area (Å²) in [5.74, 6) is 0.786. The van der Waals surface area contributed by atoms with Crippen LogP contribution in [-0.4, -0.2) is 22.4 Å². The molecule has 1 aromatic carbocycles. The topological polar surface area (TPSA) is 44.1 Å². The molecule has 0 saturated heterocycles. The van der Waals surface area contributed by atoms with E-state index in [0.717, 1.165) is 24.0 Å². The van der Waals surface area contributed by atoms with E-state index in [4.69, 9.17) is 4.74 Å². The van der Waals surface area contributed by atoms with Gasteiger partial charge >= 0.3 is 0 Å². The van der Waals surface area contributed by atoms with E-state index < -0.39 is 0 Å². The Morgan fingerprint density at radius 1 is 1.44 bits per heavy atom. The molecule has 4 heteroatoms. The summed E-state index contributed by atoms with van der Waals surface area (Å²) in [7, 11) is 1.60. The monoisotopic (exact) mass is 242 g/mol. The third-order valence-electron chi connectivity index (χ3n) is 3.45. The molecule has 1 aromatic heterocycles. The van der Waals surface area contributed by atoms with Crippen LogP contribution in [0.4, 0.5) is 0 Å². The average molecular weight is 242 g/mol. The molecule has 2 aromatic rings. The number of methoxy groups -OCH3 is 1. The highest BCUT2D eigenvalue weighted by molar-refractivity contribution is 6.03. The molecule has 0 N–H and O–H groups in total. The van der Waals surface area contributed by atoms with Crippen LogP contribution in [0.15, 0.2) is 36.9 Å². The van der Waals surface area contributed by atoms with Crippen molar-refractivity contribution in [3.05, 3.63) is 48.0 Å². The molecule has 3 rings (SSSR count). The van der Waals surface area contributed by atoms with Crippen LogP contribution in [0.2, 0.25) is 0 Å². The zero-order valence-electron chi connectivity index (χ0n) is 10.2. The molecular weight excluding hydrogens is 228 g/mol. The van der Waals surface area contributed by atoms with Crippen molar-refractivity contribution in [1.29, 1.82) is 0 Å². The Bertz CT molecular complexity index is 561. The number of aryl methyl sites for hydroxylation is 1. The van der Waals surface area contributed by atoms with Crippen molar-refractivity contribution < 1.29 is 9.53 Å². The molecule has 1 unspecified atom stereocenters. The van der Waals surface area contributed by atoms with Gasteiger partial charge in [0.15, 0.2) is 5.78 Å². The summed E-state index contributed by atoms with van der Waals surface area (Å²) >= 11 is 0. The van der Waals surface area contributed by atoms with Crippen molar-refractivity contribution >= 4 is 5.78 Å². The minimum absolute atomic E-state index is 0.117. The van der Waals surface area contributed by atoms with Crippen molar-refractivity contribution in [2.24, 2.45) is 0 Å². The number of nitrogens with zero attached hydrogens (tertiary/aromatic N) is 2. The van der Waals surface area contributed by atoms with E-state index in [1.54, 1.807) is 19.6 Å². The second-order valence-electron chi connectivity index (χ2n) is 4.42. The Balaban J connectivity index is 2.06. The number of carbonyl (C=O) groups excluding carboxylic acids is 1. The van der Waals surface area contributed by atoms with Crippen molar-refractivity contribution in [3.8, 4) is 5.75 Å². The first-order valence-electron chi connectivity index (χ1n) is 5.99. The van der Waals surface area contributed by atoms with Crippen molar-refractivity contribution in [1.82, 2.24) is 9.55 Å². The zero-order valence-corrected chi connectivity index (χ0v) is 10.2. The highest BCUT2D eigenvalue weighted by atomic mass is 16.5. The normalized spacial score (nSPS) is 18.5. The lowest BCUT2D eigenvalue weighted by Gasteiger charge is -2.25. The smallest absolute Gasteiger partial charge is 0.189 e. The Hall–Kier alpha value is -2.10. The Morgan fingerprint density at radius 2 is 2.33 bits per heavy atom. The maximum absolute atomic E-state index is 12.6. The Labute approximate surface area is 105 Å². The number of aromatic nitrogens is 2. The molecule has 0 amide bonds. The predicted molar refractivity (Wildman–Crippen MR) is 66.9 cm³/mol. The number of hydrogen-bond acceptors (Lipinski definition) is 3. The maximum Gasteiger partial charge on any atom is 0.189 e. The third kappa shape index (κ3) is 1.61. The molecule has 0 radical (unpaired) electrons. The molecule has 1 aliphatic carbocycles. The third-order valence-corrected chi connectivity index (χ3v) is 3.45. The van der Waals surface area contributed by atoms with Gasteiger partial charge in [-0.3, -0.25) is 4.79 Å². The number of rotatable bonds is 2. The van der Waals surface area contributed by atoms with Crippen LogP contribution in [0.5, 0.6) is 5.75 Å². The summed E-state index contributed by atoms with van der Waals surface area (Å²) in [6, 6.07) is 5.62. The van der Waals surface area contributed by atoms with E-state index in [1.807, 2.05) is 29.0 Å². The van der Waals surface area contributed by atoms with Crippen LogP contribution in [0.25, 0.3) is 0 Å². The fourth-order valence-electron chi connectivity index (χ4n) is 2.56. The van der Waals surface area contributed by atoms with Crippen molar-refractivity contribution in [2.75, 3.05) is 7.11 Å². The second kappa shape index (κ2) is 4.29. The number of fused-ring (bicyclic) bond motifs is 1. The summed E-state index contributed by atoms with van der Waals surface area (Å²) in [5, 5.41) is 0. The van der Waals surface area contributed by atoms with Crippen molar-refractivity contribution in [2.45, 2.75) is 18.9 Å². The molecule has 18 heavy (non-hydrogen) atoms. The van der Waals surface area contributed by atoms with Gasteiger partial charge in [0.05, 0.1) is 25.0 Å². The molecular formula is C14H14N2O2. The van der Waals surface area contributed by atoms with Crippen LogP contribution in [-0.2, 0) is 6.42 Å². The van der Waals surface area contributed by atoms with E-state index in [2.05, 4.69) is 4.98 Å². The highest BCUT2D eigenvalue weighted by Gasteiger charge is 2.30. The summed E-state index contributed by atoms with van der Waals surface area (Å²) in [6.45, 7) is 0. The van der Waals surface area contributed by atoms with Crippen molar-refractivity contribution in [3.63, 3.8) is 0 Å². The molecule has 1 heterocycles. The van der Waals surface area contributed by atoms with Gasteiger partial charge in [-0.05, 0) is 24.5 Å². The lowest BCUT2D eigenvalue weighted by Crippen LogP contribution is -2.25. The maximum atomic E-state index is 12.6. The molecule has 0 saturated carbocycles. The number of ketones is 1. The van der Waals surface area contributed by atoms with Gasteiger partial charge in [0, 0.05) is 12.4 Å². The number of benzene rings is 1. The van der Waals surface area contributed by atoms with Crippen LogP contribution < -0.4 is 4.74 Å². The predicted octanol–water partition coefficient (Wildman–Crippen LogP) is 2.26. The van der Waals surface area contributed by atoms with E-state index in [1.165, 1.54) is 0 Å². The lowest BCUT2D eigenvalue weighted by atomic mass is 9.86. The fourth-order valence-corrected chi connectivity index (χ4v) is 2.56. The van der Waals surface area contributed by atoms with E-state index >= 15 is 0 Å². The Morgan fingerprint density at radius 3 is 3.06 bits per heavy atom.